The van der Waals surface area contributed by atoms with Gasteiger partial charge in [0.05, 0.1) is 12.1 Å². The largest absolute Gasteiger partial charge is 0.343 e. The van der Waals surface area contributed by atoms with Crippen molar-refractivity contribution in [3.05, 3.63) is 65.5 Å². The second kappa shape index (κ2) is 8.24. The highest BCUT2D eigenvalue weighted by Crippen LogP contribution is 2.22. The minimum Gasteiger partial charge on any atom is -0.343 e. The summed E-state index contributed by atoms with van der Waals surface area (Å²) in [6, 6.07) is 10.4. The third-order valence-corrected chi connectivity index (χ3v) is 3.66. The SMILES string of the molecule is CC(C)(C)c1ccc(C(=O)NCC(=O)NNC(=O)c2cccnc2)cc1. The second-order valence-electron chi connectivity index (χ2n) is 6.75. The number of hydrogen-bond donors (Lipinski definition) is 3. The van der Waals surface area contributed by atoms with Crippen molar-refractivity contribution >= 4 is 17.7 Å². The maximum atomic E-state index is 12.1. The summed E-state index contributed by atoms with van der Waals surface area (Å²) in [7, 11) is 0. The van der Waals surface area contributed by atoms with Gasteiger partial charge in [-0.05, 0) is 35.2 Å². The van der Waals surface area contributed by atoms with E-state index in [0.717, 1.165) is 5.56 Å². The summed E-state index contributed by atoms with van der Waals surface area (Å²) in [4.78, 5) is 39.4. The number of pyridine rings is 1. The second-order valence-corrected chi connectivity index (χ2v) is 6.75. The van der Waals surface area contributed by atoms with Gasteiger partial charge in [0, 0.05) is 18.0 Å². The summed E-state index contributed by atoms with van der Waals surface area (Å²) >= 11 is 0. The van der Waals surface area contributed by atoms with E-state index < -0.39 is 11.8 Å². The first-order valence-electron chi connectivity index (χ1n) is 8.15. The molecule has 7 heteroatoms. The maximum absolute atomic E-state index is 12.1. The molecular weight excluding hydrogens is 332 g/mol. The molecule has 7 nitrogen and oxygen atoms in total. The van der Waals surface area contributed by atoms with E-state index in [-0.39, 0.29) is 17.9 Å². The number of aromatic nitrogens is 1. The Balaban J connectivity index is 1.80. The monoisotopic (exact) mass is 354 g/mol. The summed E-state index contributed by atoms with van der Waals surface area (Å²) in [6.07, 6.45) is 2.92. The highest BCUT2D eigenvalue weighted by atomic mass is 16.2. The predicted octanol–water partition coefficient (Wildman–Crippen LogP) is 1.57. The van der Waals surface area contributed by atoms with Crippen LogP contribution >= 0.6 is 0 Å². The van der Waals surface area contributed by atoms with Gasteiger partial charge < -0.3 is 5.32 Å². The van der Waals surface area contributed by atoms with Crippen molar-refractivity contribution < 1.29 is 14.4 Å². The molecule has 26 heavy (non-hydrogen) atoms. The average molecular weight is 354 g/mol. The van der Waals surface area contributed by atoms with E-state index in [1.807, 2.05) is 12.1 Å². The van der Waals surface area contributed by atoms with Gasteiger partial charge in [-0.2, -0.15) is 0 Å². The first-order valence-corrected chi connectivity index (χ1v) is 8.15. The zero-order valence-electron chi connectivity index (χ0n) is 15.0. The van der Waals surface area contributed by atoms with Crippen LogP contribution in [0.2, 0.25) is 0 Å². The standard InChI is InChI=1S/C19H22N4O3/c1-19(2,3)15-8-6-13(7-9-15)17(25)21-12-16(24)22-23-18(26)14-5-4-10-20-11-14/h4-11H,12H2,1-3H3,(H,21,25)(H,22,24)(H,23,26). The van der Waals surface area contributed by atoms with E-state index in [0.29, 0.717) is 11.1 Å². The van der Waals surface area contributed by atoms with Crippen LogP contribution in [0.5, 0.6) is 0 Å². The molecule has 0 saturated carbocycles. The molecule has 0 unspecified atom stereocenters. The lowest BCUT2D eigenvalue weighted by Crippen LogP contribution is -2.46. The minimum absolute atomic E-state index is 0.00136. The topological polar surface area (TPSA) is 100 Å². The molecule has 0 aliphatic heterocycles. The summed E-state index contributed by atoms with van der Waals surface area (Å²) in [5, 5.41) is 2.51. The number of benzene rings is 1. The molecular formula is C19H22N4O3. The van der Waals surface area contributed by atoms with E-state index in [4.69, 9.17) is 0 Å². The third-order valence-electron chi connectivity index (χ3n) is 3.66. The Kier molecular flexibility index (Phi) is 6.06. The van der Waals surface area contributed by atoms with Crippen LogP contribution in [0.15, 0.2) is 48.8 Å². The first kappa shape index (κ1) is 19.1. The van der Waals surface area contributed by atoms with Crippen molar-refractivity contribution in [3.8, 4) is 0 Å². The van der Waals surface area contributed by atoms with Gasteiger partial charge in [-0.25, -0.2) is 0 Å². The van der Waals surface area contributed by atoms with Crippen LogP contribution in [-0.2, 0) is 10.2 Å². The lowest BCUT2D eigenvalue weighted by molar-refractivity contribution is -0.120. The molecule has 3 N–H and O–H groups in total. The van der Waals surface area contributed by atoms with Gasteiger partial charge in [-0.15, -0.1) is 0 Å². The Bertz CT molecular complexity index is 781. The van der Waals surface area contributed by atoms with E-state index in [9.17, 15) is 14.4 Å². The molecule has 0 saturated heterocycles. The first-order chi connectivity index (χ1) is 12.3. The maximum Gasteiger partial charge on any atom is 0.271 e. The highest BCUT2D eigenvalue weighted by Gasteiger charge is 2.15. The molecule has 0 atom stereocenters. The van der Waals surface area contributed by atoms with Crippen LogP contribution in [0.1, 0.15) is 47.1 Å². The summed E-state index contributed by atoms with van der Waals surface area (Å²) in [5.74, 6) is -1.39. The molecule has 2 aromatic rings. The molecule has 0 bridgehead atoms. The Labute approximate surface area is 152 Å². The van der Waals surface area contributed by atoms with E-state index >= 15 is 0 Å². The number of amides is 3. The molecule has 0 fully saturated rings. The molecule has 0 radical (unpaired) electrons. The van der Waals surface area contributed by atoms with Crippen LogP contribution < -0.4 is 16.2 Å². The van der Waals surface area contributed by atoms with Gasteiger partial charge in [0.25, 0.3) is 17.7 Å². The Morgan fingerprint density at radius 3 is 2.19 bits per heavy atom. The Hall–Kier alpha value is -3.22. The fraction of sp³-hybridized carbons (Fsp3) is 0.263. The molecule has 0 aliphatic rings. The van der Waals surface area contributed by atoms with Gasteiger partial charge in [0.1, 0.15) is 0 Å². The number of nitrogens with one attached hydrogen (secondary N) is 3. The van der Waals surface area contributed by atoms with Crippen LogP contribution in [0.4, 0.5) is 0 Å². The number of carbonyl (C=O) groups is 3. The van der Waals surface area contributed by atoms with E-state index in [2.05, 4.69) is 41.9 Å². The molecule has 3 amide bonds. The van der Waals surface area contributed by atoms with Gasteiger partial charge in [-0.3, -0.25) is 30.2 Å². The zero-order chi connectivity index (χ0) is 19.2. The normalized spacial score (nSPS) is 10.7. The van der Waals surface area contributed by atoms with Crippen molar-refractivity contribution in [2.24, 2.45) is 0 Å². The summed E-state index contributed by atoms with van der Waals surface area (Å²) in [5.41, 5.74) is 6.39. The summed E-state index contributed by atoms with van der Waals surface area (Å²) < 4.78 is 0. The lowest BCUT2D eigenvalue weighted by atomic mass is 9.87. The number of nitrogens with zero attached hydrogens (tertiary/aromatic N) is 1. The molecule has 1 aromatic carbocycles. The average Bonchev–Trinajstić information content (AvgIpc) is 2.64. The molecule has 1 heterocycles. The van der Waals surface area contributed by atoms with Gasteiger partial charge >= 0.3 is 0 Å². The Morgan fingerprint density at radius 1 is 0.923 bits per heavy atom. The predicted molar refractivity (Wildman–Crippen MR) is 97.3 cm³/mol. The van der Waals surface area contributed by atoms with Crippen molar-refractivity contribution in [2.45, 2.75) is 26.2 Å². The number of hydrazine groups is 1. The summed E-state index contributed by atoms with van der Waals surface area (Å²) in [6.45, 7) is 6.01. The molecule has 0 aliphatic carbocycles. The zero-order valence-corrected chi connectivity index (χ0v) is 15.0. The minimum atomic E-state index is -0.540. The van der Waals surface area contributed by atoms with Crippen LogP contribution in [0, 0.1) is 0 Å². The van der Waals surface area contributed by atoms with Gasteiger partial charge in [-0.1, -0.05) is 32.9 Å². The fourth-order valence-corrected chi connectivity index (χ4v) is 2.12. The van der Waals surface area contributed by atoms with Crippen LogP contribution in [0.25, 0.3) is 0 Å². The lowest BCUT2D eigenvalue weighted by Gasteiger charge is -2.19. The van der Waals surface area contributed by atoms with Crippen LogP contribution in [0.3, 0.4) is 0 Å². The van der Waals surface area contributed by atoms with Crippen molar-refractivity contribution in [1.29, 1.82) is 0 Å². The quantitative estimate of drug-likeness (QED) is 0.726. The molecule has 1 aromatic heterocycles. The highest BCUT2D eigenvalue weighted by molar-refractivity contribution is 5.97. The van der Waals surface area contributed by atoms with Gasteiger partial charge in [0.15, 0.2) is 0 Å². The molecule has 2 rings (SSSR count). The van der Waals surface area contributed by atoms with E-state index in [1.54, 1.807) is 30.5 Å². The van der Waals surface area contributed by atoms with E-state index in [1.165, 1.54) is 6.20 Å². The third kappa shape index (κ3) is 5.41. The number of carbonyl (C=O) groups excluding carboxylic acids is 3. The van der Waals surface area contributed by atoms with Crippen molar-refractivity contribution in [1.82, 2.24) is 21.2 Å². The van der Waals surface area contributed by atoms with Crippen LogP contribution in [-0.4, -0.2) is 29.3 Å². The smallest absolute Gasteiger partial charge is 0.271 e. The van der Waals surface area contributed by atoms with Gasteiger partial charge in [0.2, 0.25) is 0 Å². The molecule has 0 spiro atoms. The molecule has 136 valence electrons. The van der Waals surface area contributed by atoms with Crippen molar-refractivity contribution in [2.75, 3.05) is 6.54 Å². The number of rotatable bonds is 4. The van der Waals surface area contributed by atoms with Crippen molar-refractivity contribution in [3.63, 3.8) is 0 Å². The Morgan fingerprint density at radius 2 is 1.62 bits per heavy atom. The number of hydrogen-bond acceptors (Lipinski definition) is 4. The fourth-order valence-electron chi connectivity index (χ4n) is 2.12.